The molecule has 0 spiro atoms. The Morgan fingerprint density at radius 3 is 2.12 bits per heavy atom. The number of hydrogen-bond donors (Lipinski definition) is 1. The fourth-order valence-corrected chi connectivity index (χ4v) is 3.75. The van der Waals surface area contributed by atoms with Gasteiger partial charge in [0.1, 0.15) is 18.2 Å². The van der Waals surface area contributed by atoms with Gasteiger partial charge in [0.2, 0.25) is 10.0 Å². The maximum atomic E-state index is 14.2. The normalized spacial score (nSPS) is 17.5. The van der Waals surface area contributed by atoms with Crippen LogP contribution in [0.4, 0.5) is 19.3 Å². The van der Waals surface area contributed by atoms with Crippen LogP contribution in [0.5, 0.6) is 0 Å². The van der Waals surface area contributed by atoms with Crippen molar-refractivity contribution in [2.24, 2.45) is 5.14 Å². The third kappa shape index (κ3) is 3.27. The summed E-state index contributed by atoms with van der Waals surface area (Å²) >= 11 is 0. The number of carbonyl (C=O) groups excluding carboxylic acids is 1. The smallest absolute Gasteiger partial charge is 0.415 e. The zero-order valence-electron chi connectivity index (χ0n) is 14.0. The Kier molecular flexibility index (Phi) is 4.45. The molecule has 1 amide bonds. The topological polar surface area (TPSA) is 89.7 Å². The second-order valence-corrected chi connectivity index (χ2v) is 7.67. The van der Waals surface area contributed by atoms with Crippen LogP contribution in [0, 0.1) is 25.5 Å². The van der Waals surface area contributed by atoms with Crippen molar-refractivity contribution in [2.75, 3.05) is 11.5 Å². The Bertz CT molecular complexity index is 965. The first kappa shape index (κ1) is 18.3. The monoisotopic (exact) mass is 382 g/mol. The lowest BCUT2D eigenvalue weighted by molar-refractivity contribution is 0.179. The Morgan fingerprint density at radius 2 is 1.62 bits per heavy atom. The van der Waals surface area contributed by atoms with E-state index < -0.39 is 38.7 Å². The van der Waals surface area contributed by atoms with Gasteiger partial charge in [-0.15, -0.1) is 0 Å². The molecular formula is C17H16F2N2O4S. The largest absolute Gasteiger partial charge is 0.447 e. The zero-order valence-corrected chi connectivity index (χ0v) is 14.8. The van der Waals surface area contributed by atoms with Crippen LogP contribution >= 0.6 is 0 Å². The molecule has 1 heterocycles. The number of cyclic esters (lactones) is 1. The van der Waals surface area contributed by atoms with Gasteiger partial charge in [0.15, 0.2) is 4.90 Å². The first-order chi connectivity index (χ1) is 12.1. The van der Waals surface area contributed by atoms with Crippen molar-refractivity contribution in [3.05, 3.63) is 58.7 Å². The molecule has 1 saturated heterocycles. The highest BCUT2D eigenvalue weighted by Crippen LogP contribution is 2.35. The van der Waals surface area contributed by atoms with Crippen molar-refractivity contribution in [3.8, 4) is 0 Å². The van der Waals surface area contributed by atoms with E-state index >= 15 is 0 Å². The predicted molar refractivity (Wildman–Crippen MR) is 90.2 cm³/mol. The number of benzene rings is 2. The van der Waals surface area contributed by atoms with Gasteiger partial charge in [-0.2, -0.15) is 0 Å². The maximum absolute atomic E-state index is 14.2. The summed E-state index contributed by atoms with van der Waals surface area (Å²) in [5.41, 5.74) is 2.39. The highest BCUT2D eigenvalue weighted by Gasteiger charge is 2.37. The van der Waals surface area contributed by atoms with Crippen molar-refractivity contribution in [2.45, 2.75) is 24.8 Å². The summed E-state index contributed by atoms with van der Waals surface area (Å²) in [6.45, 7) is 3.58. The average molecular weight is 382 g/mol. The van der Waals surface area contributed by atoms with Crippen LogP contribution in [0.1, 0.15) is 22.7 Å². The van der Waals surface area contributed by atoms with Crippen LogP contribution in [0.3, 0.4) is 0 Å². The second kappa shape index (κ2) is 6.33. The number of nitrogens with two attached hydrogens (primary N) is 1. The quantitative estimate of drug-likeness (QED) is 0.884. The van der Waals surface area contributed by atoms with Gasteiger partial charge in [0.25, 0.3) is 0 Å². The predicted octanol–water partition coefficient (Wildman–Crippen LogP) is 2.93. The zero-order chi connectivity index (χ0) is 19.2. The standard InChI is InChI=1S/C17H16F2N2O4S/c1-9-3-10(2)5-12(4-9)21-15(8-25-17(21)22)11-6-13(18)16(14(19)7-11)26(20,23)24/h3-7,15H,8H2,1-2H3,(H2,20,23,24). The number of anilines is 1. The highest BCUT2D eigenvalue weighted by molar-refractivity contribution is 7.89. The molecule has 26 heavy (non-hydrogen) atoms. The molecule has 0 radical (unpaired) electrons. The molecule has 0 aromatic heterocycles. The molecule has 3 rings (SSSR count). The van der Waals surface area contributed by atoms with E-state index in [0.717, 1.165) is 23.3 Å². The number of amides is 1. The van der Waals surface area contributed by atoms with Crippen molar-refractivity contribution >= 4 is 21.8 Å². The number of nitrogens with zero attached hydrogens (tertiary/aromatic N) is 1. The first-order valence-electron chi connectivity index (χ1n) is 7.64. The highest BCUT2D eigenvalue weighted by atomic mass is 32.2. The van der Waals surface area contributed by atoms with E-state index in [1.54, 1.807) is 12.1 Å². The van der Waals surface area contributed by atoms with Gasteiger partial charge in [-0.05, 0) is 54.8 Å². The van der Waals surface area contributed by atoms with Gasteiger partial charge in [0.05, 0.1) is 6.04 Å². The van der Waals surface area contributed by atoms with E-state index in [-0.39, 0.29) is 12.2 Å². The van der Waals surface area contributed by atoms with Gasteiger partial charge in [-0.3, -0.25) is 4.90 Å². The molecule has 2 aromatic rings. The Balaban J connectivity index is 2.09. The summed E-state index contributed by atoms with van der Waals surface area (Å²) in [6, 6.07) is 6.31. The van der Waals surface area contributed by atoms with Gasteiger partial charge in [-0.1, -0.05) is 6.07 Å². The fraction of sp³-hybridized carbons (Fsp3) is 0.235. The maximum Gasteiger partial charge on any atom is 0.415 e. The lowest BCUT2D eigenvalue weighted by Crippen LogP contribution is -2.28. The fourth-order valence-electron chi connectivity index (χ4n) is 3.09. The molecule has 0 saturated carbocycles. The van der Waals surface area contributed by atoms with E-state index in [2.05, 4.69) is 0 Å². The number of hydrogen-bond acceptors (Lipinski definition) is 4. The summed E-state index contributed by atoms with van der Waals surface area (Å²) in [5, 5.41) is 4.84. The summed E-state index contributed by atoms with van der Waals surface area (Å²) in [5.74, 6) is -2.63. The van der Waals surface area contributed by atoms with Gasteiger partial charge in [0, 0.05) is 5.69 Å². The molecule has 1 aliphatic heterocycles. The lowest BCUT2D eigenvalue weighted by atomic mass is 10.0. The molecule has 0 aliphatic carbocycles. The van der Waals surface area contributed by atoms with Crippen LogP contribution in [0.2, 0.25) is 0 Å². The number of sulfonamides is 1. The molecule has 0 bridgehead atoms. The van der Waals surface area contributed by atoms with Gasteiger partial charge in [-0.25, -0.2) is 27.1 Å². The van der Waals surface area contributed by atoms with Crippen molar-refractivity contribution in [3.63, 3.8) is 0 Å². The number of rotatable bonds is 3. The molecule has 1 atom stereocenters. The molecule has 1 unspecified atom stereocenters. The van der Waals surface area contributed by atoms with E-state index in [4.69, 9.17) is 9.88 Å². The summed E-state index contributed by atoms with van der Waals surface area (Å²) in [6.07, 6.45) is -0.656. The SMILES string of the molecule is Cc1cc(C)cc(N2C(=O)OCC2c2cc(F)c(S(N)(=O)=O)c(F)c2)c1. The molecule has 138 valence electrons. The molecule has 6 nitrogen and oxygen atoms in total. The number of ether oxygens (including phenoxy) is 1. The third-order valence-corrected chi connectivity index (χ3v) is 5.01. The van der Waals surface area contributed by atoms with Crippen molar-refractivity contribution in [1.29, 1.82) is 0 Å². The van der Waals surface area contributed by atoms with E-state index in [9.17, 15) is 22.0 Å². The third-order valence-electron chi connectivity index (χ3n) is 4.05. The van der Waals surface area contributed by atoms with Crippen LogP contribution in [0.15, 0.2) is 35.2 Å². The van der Waals surface area contributed by atoms with E-state index in [1.807, 2.05) is 19.9 Å². The summed E-state index contributed by atoms with van der Waals surface area (Å²) in [7, 11) is -4.55. The number of halogens is 2. The van der Waals surface area contributed by atoms with Crippen LogP contribution in [0.25, 0.3) is 0 Å². The minimum absolute atomic E-state index is 0.0670. The Hall–Kier alpha value is -2.52. The number of aryl methyl sites for hydroxylation is 2. The molecule has 2 N–H and O–H groups in total. The first-order valence-corrected chi connectivity index (χ1v) is 9.18. The number of primary sulfonamides is 1. The minimum atomic E-state index is -4.55. The van der Waals surface area contributed by atoms with Crippen LogP contribution in [-0.4, -0.2) is 21.1 Å². The Morgan fingerprint density at radius 1 is 1.08 bits per heavy atom. The van der Waals surface area contributed by atoms with Crippen LogP contribution < -0.4 is 10.0 Å². The molecular weight excluding hydrogens is 366 g/mol. The Labute approximate surface area is 149 Å². The second-order valence-electron chi connectivity index (χ2n) is 6.17. The molecule has 1 fully saturated rings. The minimum Gasteiger partial charge on any atom is -0.447 e. The number of carbonyl (C=O) groups is 1. The lowest BCUT2D eigenvalue weighted by Gasteiger charge is -2.23. The van der Waals surface area contributed by atoms with Gasteiger partial charge >= 0.3 is 6.09 Å². The van der Waals surface area contributed by atoms with Crippen LogP contribution in [-0.2, 0) is 14.8 Å². The van der Waals surface area contributed by atoms with E-state index in [0.29, 0.717) is 5.69 Å². The molecule has 9 heteroatoms. The molecule has 2 aromatic carbocycles. The van der Waals surface area contributed by atoms with Crippen molar-refractivity contribution < 1.29 is 26.7 Å². The molecule has 1 aliphatic rings. The van der Waals surface area contributed by atoms with E-state index in [1.165, 1.54) is 4.90 Å². The van der Waals surface area contributed by atoms with Crippen molar-refractivity contribution in [1.82, 2.24) is 0 Å². The average Bonchev–Trinajstić information content (AvgIpc) is 2.85. The van der Waals surface area contributed by atoms with Gasteiger partial charge < -0.3 is 4.74 Å². The summed E-state index contributed by atoms with van der Waals surface area (Å²) < 4.78 is 56.0. The summed E-state index contributed by atoms with van der Waals surface area (Å²) in [4.78, 5) is 12.3.